The summed E-state index contributed by atoms with van der Waals surface area (Å²) < 4.78 is 4.71. The van der Waals surface area contributed by atoms with E-state index in [4.69, 9.17) is 21.4 Å². The average molecular weight is 257 g/mol. The van der Waals surface area contributed by atoms with Crippen molar-refractivity contribution in [2.75, 3.05) is 6.61 Å². The largest absolute Gasteiger partial charge is 0.481 e. The van der Waals surface area contributed by atoms with E-state index in [-0.39, 0.29) is 13.0 Å². The van der Waals surface area contributed by atoms with Crippen molar-refractivity contribution >= 4 is 23.5 Å². The molecule has 1 unspecified atom stereocenters. The van der Waals surface area contributed by atoms with Crippen LogP contribution in [0.25, 0.3) is 0 Å². The van der Waals surface area contributed by atoms with Crippen LogP contribution in [-0.2, 0) is 20.7 Å². The molecule has 17 heavy (non-hydrogen) atoms. The Morgan fingerprint density at radius 1 is 1.41 bits per heavy atom. The lowest BCUT2D eigenvalue weighted by Crippen LogP contribution is -2.28. The molecule has 92 valence electrons. The molecule has 0 aromatic heterocycles. The van der Waals surface area contributed by atoms with Gasteiger partial charge in [0.15, 0.2) is 5.92 Å². The van der Waals surface area contributed by atoms with Gasteiger partial charge in [-0.1, -0.05) is 29.8 Å². The van der Waals surface area contributed by atoms with E-state index in [1.807, 2.05) is 0 Å². The van der Waals surface area contributed by atoms with Gasteiger partial charge in [0, 0.05) is 5.02 Å². The first-order chi connectivity index (χ1) is 8.06. The smallest absolute Gasteiger partial charge is 0.320 e. The van der Waals surface area contributed by atoms with E-state index in [1.165, 1.54) is 0 Å². The third kappa shape index (κ3) is 3.75. The van der Waals surface area contributed by atoms with E-state index in [0.29, 0.717) is 10.6 Å². The predicted octanol–water partition coefficient (Wildman–Crippen LogP) is 2.15. The highest BCUT2D eigenvalue weighted by atomic mass is 35.5. The van der Waals surface area contributed by atoms with Gasteiger partial charge in [-0.05, 0) is 25.0 Å². The van der Waals surface area contributed by atoms with Crippen molar-refractivity contribution < 1.29 is 19.4 Å². The summed E-state index contributed by atoms with van der Waals surface area (Å²) in [5.41, 5.74) is 0.620. The van der Waals surface area contributed by atoms with Crippen molar-refractivity contribution in [2.45, 2.75) is 13.3 Å². The highest BCUT2D eigenvalue weighted by Crippen LogP contribution is 2.19. The standard InChI is InChI=1S/C12H13ClO4/c1-2-17-12(16)9(11(14)15)7-8-5-3-4-6-10(8)13/h3-6,9H,2,7H2,1H3,(H,14,15). The van der Waals surface area contributed by atoms with Crippen LogP contribution in [0.2, 0.25) is 5.02 Å². The summed E-state index contributed by atoms with van der Waals surface area (Å²) in [5, 5.41) is 9.43. The summed E-state index contributed by atoms with van der Waals surface area (Å²) in [7, 11) is 0. The van der Waals surface area contributed by atoms with E-state index in [1.54, 1.807) is 31.2 Å². The number of esters is 1. The second kappa shape index (κ2) is 6.25. The zero-order valence-corrected chi connectivity index (χ0v) is 10.1. The number of benzene rings is 1. The fourth-order valence-corrected chi connectivity index (χ4v) is 1.61. The van der Waals surface area contributed by atoms with Crippen molar-refractivity contribution in [1.82, 2.24) is 0 Å². The van der Waals surface area contributed by atoms with Crippen LogP contribution in [-0.4, -0.2) is 23.7 Å². The number of halogens is 1. The van der Waals surface area contributed by atoms with Gasteiger partial charge in [-0.25, -0.2) is 0 Å². The fraction of sp³-hybridized carbons (Fsp3) is 0.333. The Labute approximate surface area is 104 Å². The Morgan fingerprint density at radius 2 is 2.06 bits per heavy atom. The minimum Gasteiger partial charge on any atom is -0.481 e. The molecule has 0 aliphatic heterocycles. The Hall–Kier alpha value is -1.55. The summed E-state index contributed by atoms with van der Waals surface area (Å²) in [6.07, 6.45) is 0.0356. The van der Waals surface area contributed by atoms with E-state index >= 15 is 0 Å². The molecule has 1 atom stereocenters. The molecule has 0 radical (unpaired) electrons. The van der Waals surface area contributed by atoms with Crippen LogP contribution in [0.15, 0.2) is 24.3 Å². The van der Waals surface area contributed by atoms with Crippen LogP contribution in [0.4, 0.5) is 0 Å². The lowest BCUT2D eigenvalue weighted by Gasteiger charge is -2.12. The Bertz CT molecular complexity index is 417. The summed E-state index contributed by atoms with van der Waals surface area (Å²) in [5.74, 6) is -3.15. The third-order valence-electron chi connectivity index (χ3n) is 2.25. The van der Waals surface area contributed by atoms with Crippen LogP contribution in [0.3, 0.4) is 0 Å². The van der Waals surface area contributed by atoms with Gasteiger partial charge in [0.05, 0.1) is 6.61 Å². The average Bonchev–Trinajstić information content (AvgIpc) is 2.27. The van der Waals surface area contributed by atoms with Gasteiger partial charge in [-0.3, -0.25) is 9.59 Å². The molecule has 0 heterocycles. The van der Waals surface area contributed by atoms with Gasteiger partial charge in [0.25, 0.3) is 0 Å². The van der Waals surface area contributed by atoms with Gasteiger partial charge in [0.2, 0.25) is 0 Å². The minimum absolute atomic E-state index is 0.0356. The van der Waals surface area contributed by atoms with E-state index in [0.717, 1.165) is 0 Å². The lowest BCUT2D eigenvalue weighted by molar-refractivity contribution is -0.158. The second-order valence-corrected chi connectivity index (χ2v) is 3.85. The number of ether oxygens (including phenoxy) is 1. The quantitative estimate of drug-likeness (QED) is 0.648. The maximum atomic E-state index is 11.5. The first-order valence-corrected chi connectivity index (χ1v) is 5.57. The molecule has 0 amide bonds. The molecule has 1 rings (SSSR count). The van der Waals surface area contributed by atoms with E-state index in [9.17, 15) is 9.59 Å². The van der Waals surface area contributed by atoms with Crippen LogP contribution in [0.5, 0.6) is 0 Å². The van der Waals surface area contributed by atoms with E-state index in [2.05, 4.69) is 0 Å². The lowest BCUT2D eigenvalue weighted by atomic mass is 9.99. The van der Waals surface area contributed by atoms with Gasteiger partial charge < -0.3 is 9.84 Å². The highest BCUT2D eigenvalue weighted by molar-refractivity contribution is 6.31. The number of hydrogen-bond acceptors (Lipinski definition) is 3. The molecule has 0 saturated heterocycles. The summed E-state index contributed by atoms with van der Waals surface area (Å²) in [4.78, 5) is 22.4. The number of aliphatic carboxylic acids is 1. The molecule has 1 aromatic rings. The molecular formula is C12H13ClO4. The van der Waals surface area contributed by atoms with Crippen LogP contribution in [0.1, 0.15) is 12.5 Å². The normalized spacial score (nSPS) is 11.9. The Balaban J connectivity index is 2.84. The number of carboxylic acids is 1. The molecular weight excluding hydrogens is 244 g/mol. The van der Waals surface area contributed by atoms with Gasteiger partial charge in [0.1, 0.15) is 0 Å². The van der Waals surface area contributed by atoms with Crippen molar-refractivity contribution in [3.05, 3.63) is 34.9 Å². The highest BCUT2D eigenvalue weighted by Gasteiger charge is 2.28. The number of rotatable bonds is 5. The third-order valence-corrected chi connectivity index (χ3v) is 2.62. The van der Waals surface area contributed by atoms with Gasteiger partial charge in [-0.2, -0.15) is 0 Å². The molecule has 4 nitrogen and oxygen atoms in total. The SMILES string of the molecule is CCOC(=O)C(Cc1ccccc1Cl)C(=O)O. The van der Waals surface area contributed by atoms with Crippen molar-refractivity contribution in [3.8, 4) is 0 Å². The number of hydrogen-bond donors (Lipinski definition) is 1. The summed E-state index contributed by atoms with van der Waals surface area (Å²) >= 11 is 5.91. The fourth-order valence-electron chi connectivity index (χ4n) is 1.40. The maximum Gasteiger partial charge on any atom is 0.320 e. The van der Waals surface area contributed by atoms with Gasteiger partial charge >= 0.3 is 11.9 Å². The molecule has 0 saturated carbocycles. The molecule has 0 bridgehead atoms. The summed E-state index contributed by atoms with van der Waals surface area (Å²) in [6, 6.07) is 6.83. The first kappa shape index (κ1) is 13.5. The Morgan fingerprint density at radius 3 is 2.59 bits per heavy atom. The number of carboxylic acid groups (broad SMARTS) is 1. The molecule has 0 fully saturated rings. The zero-order valence-electron chi connectivity index (χ0n) is 9.35. The zero-order chi connectivity index (χ0) is 12.8. The molecule has 0 spiro atoms. The maximum absolute atomic E-state index is 11.5. The summed E-state index contributed by atoms with van der Waals surface area (Å²) in [6.45, 7) is 1.79. The van der Waals surface area contributed by atoms with Gasteiger partial charge in [-0.15, -0.1) is 0 Å². The topological polar surface area (TPSA) is 63.6 Å². The predicted molar refractivity (Wildman–Crippen MR) is 62.9 cm³/mol. The van der Waals surface area contributed by atoms with Crippen molar-refractivity contribution in [2.24, 2.45) is 5.92 Å². The second-order valence-electron chi connectivity index (χ2n) is 3.44. The van der Waals surface area contributed by atoms with Crippen molar-refractivity contribution in [3.63, 3.8) is 0 Å². The molecule has 1 N–H and O–H groups in total. The number of carbonyl (C=O) groups is 2. The molecule has 0 aliphatic rings. The van der Waals surface area contributed by atoms with Crippen molar-refractivity contribution in [1.29, 1.82) is 0 Å². The molecule has 1 aromatic carbocycles. The minimum atomic E-state index is -1.21. The monoisotopic (exact) mass is 256 g/mol. The molecule has 0 aliphatic carbocycles. The Kier molecular flexibility index (Phi) is 4.97. The van der Waals surface area contributed by atoms with E-state index < -0.39 is 17.9 Å². The van der Waals surface area contributed by atoms with Crippen LogP contribution >= 0.6 is 11.6 Å². The van der Waals surface area contributed by atoms with Crippen LogP contribution < -0.4 is 0 Å². The van der Waals surface area contributed by atoms with Crippen LogP contribution in [0, 0.1) is 5.92 Å². The first-order valence-electron chi connectivity index (χ1n) is 5.19. The number of carbonyl (C=O) groups excluding carboxylic acids is 1. The molecule has 5 heteroatoms.